The third-order valence-electron chi connectivity index (χ3n) is 5.30. The molecule has 0 saturated carbocycles. The number of aliphatic carboxylic acids is 1. The molecule has 0 aliphatic carbocycles. The predicted molar refractivity (Wildman–Crippen MR) is 138 cm³/mol. The average molecular weight is 527 g/mol. The molecule has 4 rings (SSSR count). The highest BCUT2D eigenvalue weighted by Gasteiger charge is 2.38. The second-order valence-corrected chi connectivity index (χ2v) is 8.56. The topological polar surface area (TPSA) is 125 Å². The van der Waals surface area contributed by atoms with E-state index in [1.807, 2.05) is 56.6 Å². The summed E-state index contributed by atoms with van der Waals surface area (Å²) in [6.45, 7) is 0.811. The zero-order valence-electron chi connectivity index (χ0n) is 20.5. The van der Waals surface area contributed by atoms with Gasteiger partial charge in [-0.15, -0.1) is 0 Å². The summed E-state index contributed by atoms with van der Waals surface area (Å²) in [5, 5.41) is 13.5. The van der Waals surface area contributed by atoms with Crippen LogP contribution in [0.4, 0.5) is 24.5 Å². The number of carboxylic acid groups (broad SMARTS) is 1. The highest BCUT2D eigenvalue weighted by Crippen LogP contribution is 2.38. The van der Waals surface area contributed by atoms with E-state index in [9.17, 15) is 22.8 Å². The van der Waals surface area contributed by atoms with E-state index in [0.717, 1.165) is 28.9 Å². The SMILES string of the molecule is CN(C)Cc1cccc(N/C(=C2\C(=O)Nc3cc(C(N)=O)ccc32)c2ccccc2)c1.O=C(O)C(F)(F)F. The second-order valence-electron chi connectivity index (χ2n) is 8.56. The van der Waals surface area contributed by atoms with Gasteiger partial charge >= 0.3 is 12.1 Å². The molecule has 0 radical (unpaired) electrons. The van der Waals surface area contributed by atoms with E-state index in [1.165, 1.54) is 0 Å². The lowest BCUT2D eigenvalue weighted by Crippen LogP contribution is -2.21. The fourth-order valence-electron chi connectivity index (χ4n) is 3.72. The van der Waals surface area contributed by atoms with Crippen LogP contribution in [0.3, 0.4) is 0 Å². The number of alkyl halides is 3. The average Bonchev–Trinajstić information content (AvgIpc) is 3.17. The van der Waals surface area contributed by atoms with E-state index in [0.29, 0.717) is 22.5 Å². The number of hydrogen-bond acceptors (Lipinski definition) is 5. The van der Waals surface area contributed by atoms with Gasteiger partial charge in [-0.3, -0.25) is 9.59 Å². The Morgan fingerprint density at radius 2 is 1.63 bits per heavy atom. The Kier molecular flexibility index (Phi) is 8.53. The fraction of sp³-hybridized carbons (Fsp3) is 0.148. The normalized spacial score (nSPS) is 13.7. The van der Waals surface area contributed by atoms with Gasteiger partial charge in [0, 0.05) is 29.0 Å². The molecule has 0 aromatic heterocycles. The zero-order valence-corrected chi connectivity index (χ0v) is 20.5. The Hall–Kier alpha value is -4.64. The highest BCUT2D eigenvalue weighted by molar-refractivity contribution is 6.37. The van der Waals surface area contributed by atoms with E-state index >= 15 is 0 Å². The summed E-state index contributed by atoms with van der Waals surface area (Å²) in [4.78, 5) is 35.5. The van der Waals surface area contributed by atoms with Crippen LogP contribution >= 0.6 is 0 Å². The summed E-state index contributed by atoms with van der Waals surface area (Å²) < 4.78 is 31.7. The summed E-state index contributed by atoms with van der Waals surface area (Å²) in [5.74, 6) is -3.52. The first-order valence-electron chi connectivity index (χ1n) is 11.2. The van der Waals surface area contributed by atoms with Gasteiger partial charge in [0.2, 0.25) is 5.91 Å². The third-order valence-corrected chi connectivity index (χ3v) is 5.30. The van der Waals surface area contributed by atoms with Crippen LogP contribution in [0.1, 0.15) is 27.0 Å². The maximum atomic E-state index is 13.0. The largest absolute Gasteiger partial charge is 0.490 e. The lowest BCUT2D eigenvalue weighted by atomic mass is 9.99. The number of carboxylic acids is 1. The Balaban J connectivity index is 0.000000505. The number of rotatable bonds is 6. The third kappa shape index (κ3) is 6.98. The number of nitrogens with two attached hydrogens (primary N) is 1. The summed E-state index contributed by atoms with van der Waals surface area (Å²) in [6.07, 6.45) is -5.08. The van der Waals surface area contributed by atoms with Crippen molar-refractivity contribution in [2.24, 2.45) is 5.73 Å². The first-order valence-corrected chi connectivity index (χ1v) is 11.2. The number of halogens is 3. The van der Waals surface area contributed by atoms with Crippen molar-refractivity contribution in [3.63, 3.8) is 0 Å². The van der Waals surface area contributed by atoms with Crippen molar-refractivity contribution in [3.05, 3.63) is 95.1 Å². The van der Waals surface area contributed by atoms with Gasteiger partial charge in [-0.1, -0.05) is 48.5 Å². The zero-order chi connectivity index (χ0) is 28.0. The lowest BCUT2D eigenvalue weighted by molar-refractivity contribution is -0.192. The van der Waals surface area contributed by atoms with Crippen LogP contribution in [0, 0.1) is 0 Å². The van der Waals surface area contributed by atoms with Crippen LogP contribution in [0.2, 0.25) is 0 Å². The van der Waals surface area contributed by atoms with Crippen LogP contribution < -0.4 is 16.4 Å². The van der Waals surface area contributed by atoms with E-state index < -0.39 is 18.1 Å². The van der Waals surface area contributed by atoms with Gasteiger partial charge in [0.25, 0.3) is 5.91 Å². The van der Waals surface area contributed by atoms with Crippen LogP contribution in [0.15, 0.2) is 72.8 Å². The van der Waals surface area contributed by atoms with E-state index in [4.69, 9.17) is 15.6 Å². The van der Waals surface area contributed by atoms with Gasteiger partial charge in [-0.25, -0.2) is 4.79 Å². The number of hydrogen-bond donors (Lipinski definition) is 4. The van der Waals surface area contributed by atoms with E-state index in [2.05, 4.69) is 27.7 Å². The molecule has 0 spiro atoms. The Bertz CT molecular complexity index is 1390. The molecule has 38 heavy (non-hydrogen) atoms. The maximum Gasteiger partial charge on any atom is 0.490 e. The second kappa shape index (κ2) is 11.6. The predicted octanol–water partition coefficient (Wildman–Crippen LogP) is 4.41. The van der Waals surface area contributed by atoms with Gasteiger partial charge in [0.15, 0.2) is 0 Å². The Morgan fingerprint density at radius 3 is 2.21 bits per heavy atom. The number of carbonyl (C=O) groups is 3. The number of anilines is 2. The quantitative estimate of drug-likeness (QED) is 0.353. The van der Waals surface area contributed by atoms with Gasteiger partial charge in [-0.05, 0) is 49.5 Å². The molecular formula is C27H25F3N4O4. The molecule has 3 aromatic rings. The van der Waals surface area contributed by atoms with Crippen molar-refractivity contribution in [1.29, 1.82) is 0 Å². The number of fused-ring (bicyclic) bond motifs is 1. The van der Waals surface area contributed by atoms with Crippen molar-refractivity contribution in [3.8, 4) is 0 Å². The number of nitrogens with one attached hydrogen (secondary N) is 2. The number of benzene rings is 3. The van der Waals surface area contributed by atoms with Crippen LogP contribution in [0.5, 0.6) is 0 Å². The molecule has 1 aliphatic heterocycles. The van der Waals surface area contributed by atoms with Crippen molar-refractivity contribution in [2.75, 3.05) is 24.7 Å². The number of nitrogens with zero attached hydrogens (tertiary/aromatic N) is 1. The summed E-state index contributed by atoms with van der Waals surface area (Å²) in [7, 11) is 4.05. The molecule has 198 valence electrons. The lowest BCUT2D eigenvalue weighted by Gasteiger charge is -2.16. The molecule has 11 heteroatoms. The molecule has 0 atom stereocenters. The maximum absolute atomic E-state index is 13.0. The number of primary amides is 1. The smallest absolute Gasteiger partial charge is 0.475 e. The van der Waals surface area contributed by atoms with Gasteiger partial charge in [0.05, 0.1) is 11.3 Å². The van der Waals surface area contributed by atoms with Crippen molar-refractivity contribution >= 4 is 40.4 Å². The minimum atomic E-state index is -5.08. The van der Waals surface area contributed by atoms with Gasteiger partial charge in [0.1, 0.15) is 0 Å². The molecule has 0 unspecified atom stereocenters. The molecule has 0 bridgehead atoms. The number of carbonyl (C=O) groups excluding carboxylic acids is 2. The Labute approximate surface area is 216 Å². The summed E-state index contributed by atoms with van der Waals surface area (Å²) >= 11 is 0. The molecule has 2 amide bonds. The molecular weight excluding hydrogens is 501 g/mol. The van der Waals surface area contributed by atoms with Crippen LogP contribution in [-0.2, 0) is 16.1 Å². The fourth-order valence-corrected chi connectivity index (χ4v) is 3.72. The first kappa shape index (κ1) is 27.9. The Morgan fingerprint density at radius 1 is 0.974 bits per heavy atom. The monoisotopic (exact) mass is 526 g/mol. The van der Waals surface area contributed by atoms with Crippen LogP contribution in [0.25, 0.3) is 11.3 Å². The van der Waals surface area contributed by atoms with Gasteiger partial charge < -0.3 is 26.4 Å². The molecule has 5 N–H and O–H groups in total. The van der Waals surface area contributed by atoms with Crippen molar-refractivity contribution in [2.45, 2.75) is 12.7 Å². The molecule has 0 saturated heterocycles. The molecule has 3 aromatic carbocycles. The van der Waals surface area contributed by atoms with E-state index in [1.54, 1.807) is 18.2 Å². The first-order chi connectivity index (χ1) is 17.9. The summed E-state index contributed by atoms with van der Waals surface area (Å²) in [5.41, 5.74) is 11.2. The standard InChI is InChI=1S/C25H24N4O2.C2HF3O2/c1-29(2)15-16-7-6-10-19(13-16)27-23(17-8-4-3-5-9-17)22-20-12-11-18(24(26)30)14-21(20)28-25(22)31;3-2(4,5)1(6)7/h3-14,27H,15H2,1-2H3,(H2,26,30)(H,28,31);(H,6,7)/b23-22-;. The van der Waals surface area contributed by atoms with Crippen molar-refractivity contribution < 1.29 is 32.7 Å². The molecule has 1 aliphatic rings. The van der Waals surface area contributed by atoms with Crippen molar-refractivity contribution in [1.82, 2.24) is 4.90 Å². The molecule has 0 fully saturated rings. The minimum absolute atomic E-state index is 0.229. The minimum Gasteiger partial charge on any atom is -0.475 e. The van der Waals surface area contributed by atoms with Crippen LogP contribution in [-0.4, -0.2) is 48.1 Å². The highest BCUT2D eigenvalue weighted by atomic mass is 19.4. The summed E-state index contributed by atoms with van der Waals surface area (Å²) in [6, 6.07) is 22.9. The van der Waals surface area contributed by atoms with E-state index in [-0.39, 0.29) is 5.91 Å². The molecule has 1 heterocycles. The molecule has 8 nitrogen and oxygen atoms in total. The van der Waals surface area contributed by atoms with Gasteiger partial charge in [-0.2, -0.15) is 13.2 Å². The number of amides is 2.